The van der Waals surface area contributed by atoms with Gasteiger partial charge < -0.3 is 9.80 Å². The van der Waals surface area contributed by atoms with Crippen molar-refractivity contribution in [1.82, 2.24) is 39.6 Å². The Balaban J connectivity index is 1.19. The summed E-state index contributed by atoms with van der Waals surface area (Å²) in [7, 11) is 0. The van der Waals surface area contributed by atoms with Gasteiger partial charge in [-0.1, -0.05) is 0 Å². The first-order valence-corrected chi connectivity index (χ1v) is 9.97. The molecule has 0 radical (unpaired) electrons. The molecule has 0 spiro atoms. The van der Waals surface area contributed by atoms with Gasteiger partial charge in [-0.15, -0.1) is 10.2 Å². The molecule has 1 saturated carbocycles. The summed E-state index contributed by atoms with van der Waals surface area (Å²) in [6, 6.07) is 7.00. The second-order valence-corrected chi connectivity index (χ2v) is 7.49. The van der Waals surface area contributed by atoms with Crippen molar-refractivity contribution in [3.05, 3.63) is 53.0 Å². The predicted molar refractivity (Wildman–Crippen MR) is 106 cm³/mol. The predicted octanol–water partition coefficient (Wildman–Crippen LogP) is -0.160. The van der Waals surface area contributed by atoms with Crippen LogP contribution in [-0.4, -0.2) is 71.7 Å². The summed E-state index contributed by atoms with van der Waals surface area (Å²) >= 11 is 0. The van der Waals surface area contributed by atoms with E-state index in [9.17, 15) is 9.59 Å². The van der Waals surface area contributed by atoms with Crippen molar-refractivity contribution in [2.45, 2.75) is 25.3 Å². The van der Waals surface area contributed by atoms with E-state index in [2.05, 4.69) is 30.3 Å². The first-order chi connectivity index (χ1) is 14.7. The van der Waals surface area contributed by atoms with E-state index in [1.807, 2.05) is 12.1 Å². The van der Waals surface area contributed by atoms with Gasteiger partial charge in [0.05, 0.1) is 5.69 Å². The molecular weight excluding hydrogens is 386 g/mol. The van der Waals surface area contributed by atoms with Gasteiger partial charge in [0.1, 0.15) is 19.2 Å². The van der Waals surface area contributed by atoms with Gasteiger partial charge in [0, 0.05) is 38.2 Å². The Labute approximate surface area is 172 Å². The van der Waals surface area contributed by atoms with Crippen molar-refractivity contribution in [3.8, 4) is 5.82 Å². The Morgan fingerprint density at radius 3 is 2.43 bits per heavy atom. The van der Waals surface area contributed by atoms with Crippen molar-refractivity contribution < 1.29 is 4.79 Å². The summed E-state index contributed by atoms with van der Waals surface area (Å²) < 4.78 is 2.83. The van der Waals surface area contributed by atoms with Crippen molar-refractivity contribution >= 4 is 11.7 Å². The molecule has 5 rings (SSSR count). The number of carbonyl (C=O) groups excluding carboxylic acids is 1. The van der Waals surface area contributed by atoms with Crippen molar-refractivity contribution in [3.63, 3.8) is 0 Å². The number of piperazine rings is 1. The highest BCUT2D eigenvalue weighted by molar-refractivity contribution is 5.76. The molecule has 30 heavy (non-hydrogen) atoms. The van der Waals surface area contributed by atoms with Crippen molar-refractivity contribution in [2.24, 2.45) is 0 Å². The third-order valence-electron chi connectivity index (χ3n) is 5.41. The van der Waals surface area contributed by atoms with Crippen LogP contribution in [0.2, 0.25) is 0 Å². The molecule has 2 fully saturated rings. The molecule has 0 unspecified atom stereocenters. The van der Waals surface area contributed by atoms with Crippen LogP contribution in [0, 0.1) is 0 Å². The molecule has 2 aliphatic rings. The lowest BCUT2D eigenvalue weighted by Crippen LogP contribution is -2.50. The standard InChI is InChI=1S/C19H21N9O2/c29-18-6-3-15(14-1-2-14)24-27(18)11-19(30)26-9-7-25(8-10-26)16-4-5-17(23-22-16)28-13-20-12-21-28/h3-6,12-14H,1-2,7-11H2. The first-order valence-electron chi connectivity index (χ1n) is 9.97. The largest absolute Gasteiger partial charge is 0.352 e. The molecule has 11 nitrogen and oxygen atoms in total. The molecule has 0 bridgehead atoms. The zero-order valence-corrected chi connectivity index (χ0v) is 16.3. The van der Waals surface area contributed by atoms with Crippen LogP contribution in [0.5, 0.6) is 0 Å². The average Bonchev–Trinajstić information content (AvgIpc) is 3.49. The van der Waals surface area contributed by atoms with E-state index in [1.165, 1.54) is 17.1 Å². The maximum absolute atomic E-state index is 12.7. The van der Waals surface area contributed by atoms with E-state index in [0.29, 0.717) is 37.9 Å². The van der Waals surface area contributed by atoms with Crippen molar-refractivity contribution in [1.29, 1.82) is 0 Å². The van der Waals surface area contributed by atoms with Crippen LogP contribution in [0.3, 0.4) is 0 Å². The topological polar surface area (TPSA) is 115 Å². The lowest BCUT2D eigenvalue weighted by molar-refractivity contribution is -0.132. The third-order valence-corrected chi connectivity index (χ3v) is 5.41. The number of amides is 1. The minimum Gasteiger partial charge on any atom is -0.352 e. The van der Waals surface area contributed by atoms with E-state index >= 15 is 0 Å². The lowest BCUT2D eigenvalue weighted by Gasteiger charge is -2.35. The van der Waals surface area contributed by atoms with Gasteiger partial charge >= 0.3 is 0 Å². The molecule has 0 N–H and O–H groups in total. The number of hydrogen-bond donors (Lipinski definition) is 0. The first kappa shape index (κ1) is 18.4. The van der Waals surface area contributed by atoms with Gasteiger partial charge in [0.25, 0.3) is 5.56 Å². The van der Waals surface area contributed by atoms with Gasteiger partial charge in [-0.05, 0) is 31.0 Å². The molecule has 1 amide bonds. The molecule has 1 saturated heterocycles. The van der Waals surface area contributed by atoms with E-state index in [1.54, 1.807) is 22.0 Å². The zero-order valence-electron chi connectivity index (χ0n) is 16.3. The number of aromatic nitrogens is 7. The Bertz CT molecular complexity index is 1080. The number of rotatable bonds is 5. The number of anilines is 1. The molecule has 11 heteroatoms. The third kappa shape index (κ3) is 3.78. The highest BCUT2D eigenvalue weighted by Gasteiger charge is 2.27. The fourth-order valence-electron chi connectivity index (χ4n) is 3.52. The van der Waals surface area contributed by atoms with Crippen LogP contribution in [0.1, 0.15) is 24.5 Å². The van der Waals surface area contributed by atoms with E-state index in [-0.39, 0.29) is 18.0 Å². The van der Waals surface area contributed by atoms with Gasteiger partial charge in [0.15, 0.2) is 11.6 Å². The number of nitrogens with zero attached hydrogens (tertiary/aromatic N) is 9. The minimum absolute atomic E-state index is 0.0220. The van der Waals surface area contributed by atoms with Crippen LogP contribution in [0.4, 0.5) is 5.82 Å². The normalized spacial score (nSPS) is 16.7. The molecule has 154 valence electrons. The smallest absolute Gasteiger partial charge is 0.267 e. The highest BCUT2D eigenvalue weighted by atomic mass is 16.2. The maximum Gasteiger partial charge on any atom is 0.267 e. The minimum atomic E-state index is -0.242. The Kier molecular flexibility index (Phi) is 4.69. The van der Waals surface area contributed by atoms with Crippen LogP contribution in [0.25, 0.3) is 5.82 Å². The zero-order chi connectivity index (χ0) is 20.5. The lowest BCUT2D eigenvalue weighted by atomic mass is 10.3. The maximum atomic E-state index is 12.7. The molecule has 1 aliphatic carbocycles. The monoisotopic (exact) mass is 407 g/mol. The summed E-state index contributed by atoms with van der Waals surface area (Å²) in [5.74, 6) is 1.69. The average molecular weight is 407 g/mol. The highest BCUT2D eigenvalue weighted by Crippen LogP contribution is 2.38. The molecule has 4 heterocycles. The molecule has 0 atom stereocenters. The van der Waals surface area contributed by atoms with Gasteiger partial charge in [-0.25, -0.2) is 14.3 Å². The van der Waals surface area contributed by atoms with E-state index in [4.69, 9.17) is 0 Å². The summed E-state index contributed by atoms with van der Waals surface area (Å²) in [6.45, 7) is 2.39. The number of carbonyl (C=O) groups is 1. The Morgan fingerprint density at radius 2 is 1.77 bits per heavy atom. The molecule has 0 aromatic carbocycles. The van der Waals surface area contributed by atoms with Gasteiger partial charge in [0.2, 0.25) is 5.91 Å². The second kappa shape index (κ2) is 7.65. The quantitative estimate of drug-likeness (QED) is 0.573. The van der Waals surface area contributed by atoms with Crippen LogP contribution in [-0.2, 0) is 11.3 Å². The summed E-state index contributed by atoms with van der Waals surface area (Å²) in [6.07, 6.45) is 5.21. The summed E-state index contributed by atoms with van der Waals surface area (Å²) in [5.41, 5.74) is 0.661. The molecule has 1 aliphatic heterocycles. The summed E-state index contributed by atoms with van der Waals surface area (Å²) in [5, 5.41) is 16.9. The summed E-state index contributed by atoms with van der Waals surface area (Å²) in [4.78, 5) is 32.5. The van der Waals surface area contributed by atoms with Crippen LogP contribution >= 0.6 is 0 Å². The van der Waals surface area contributed by atoms with Crippen LogP contribution < -0.4 is 10.5 Å². The fraction of sp³-hybridized carbons (Fsp3) is 0.421. The van der Waals surface area contributed by atoms with E-state index in [0.717, 1.165) is 24.4 Å². The number of hydrogen-bond acceptors (Lipinski definition) is 8. The van der Waals surface area contributed by atoms with Crippen molar-refractivity contribution in [2.75, 3.05) is 31.1 Å². The Hall–Kier alpha value is -3.63. The van der Waals surface area contributed by atoms with Gasteiger partial charge in [-0.2, -0.15) is 10.2 Å². The Morgan fingerprint density at radius 1 is 1.00 bits per heavy atom. The molecule has 3 aromatic rings. The fourth-order valence-corrected chi connectivity index (χ4v) is 3.52. The molecule has 3 aromatic heterocycles. The molecular formula is C19H21N9O2. The van der Waals surface area contributed by atoms with Gasteiger partial charge in [-0.3, -0.25) is 9.59 Å². The second-order valence-electron chi connectivity index (χ2n) is 7.49. The van der Waals surface area contributed by atoms with Crippen LogP contribution in [0.15, 0.2) is 41.7 Å². The SMILES string of the molecule is O=C(Cn1nc(C2CC2)ccc1=O)N1CCN(c2ccc(-n3cncn3)nn2)CC1. The van der Waals surface area contributed by atoms with E-state index < -0.39 is 0 Å².